The quantitative estimate of drug-likeness (QED) is 0.795. The highest BCUT2D eigenvalue weighted by molar-refractivity contribution is 7.80. The van der Waals surface area contributed by atoms with Gasteiger partial charge in [-0.3, -0.25) is 4.79 Å². The third-order valence-corrected chi connectivity index (χ3v) is 3.49. The summed E-state index contributed by atoms with van der Waals surface area (Å²) < 4.78 is 0. The summed E-state index contributed by atoms with van der Waals surface area (Å²) in [5.74, 6) is -0.146. The maximum atomic E-state index is 11.8. The van der Waals surface area contributed by atoms with Gasteiger partial charge in [-0.2, -0.15) is 0 Å². The van der Waals surface area contributed by atoms with E-state index >= 15 is 0 Å². The maximum absolute atomic E-state index is 11.8. The monoisotopic (exact) mass is 269 g/mol. The minimum atomic E-state index is -0.146. The fraction of sp³-hybridized carbons (Fsp3) is 0. The summed E-state index contributed by atoms with van der Waals surface area (Å²) in [6.45, 7) is 0. The zero-order valence-corrected chi connectivity index (χ0v) is 10.6. The van der Waals surface area contributed by atoms with E-state index in [1.54, 1.807) is 30.3 Å². The lowest BCUT2D eigenvalue weighted by molar-refractivity contribution is 0.103. The molecule has 0 bridgehead atoms. The zero-order valence-electron chi connectivity index (χ0n) is 8.11. The summed E-state index contributed by atoms with van der Waals surface area (Å²) in [6.07, 6.45) is 0. The van der Waals surface area contributed by atoms with E-state index in [1.807, 2.05) is 5.38 Å². The average Bonchev–Trinajstić information content (AvgIpc) is 2.65. The van der Waals surface area contributed by atoms with E-state index in [4.69, 9.17) is 11.6 Å². The highest BCUT2D eigenvalue weighted by Crippen LogP contribution is 2.20. The lowest BCUT2D eigenvalue weighted by Gasteiger charge is -2.03. The molecule has 2 nitrogen and oxygen atoms in total. The molecular formula is C11H8ClNOS2. The van der Waals surface area contributed by atoms with E-state index in [-0.39, 0.29) is 5.91 Å². The van der Waals surface area contributed by atoms with Crippen LogP contribution in [0, 0.1) is 0 Å². The second kappa shape index (κ2) is 4.91. The van der Waals surface area contributed by atoms with Crippen LogP contribution >= 0.6 is 35.6 Å². The van der Waals surface area contributed by atoms with Crippen LogP contribution in [0.15, 0.2) is 40.6 Å². The van der Waals surface area contributed by atoms with E-state index < -0.39 is 0 Å². The zero-order chi connectivity index (χ0) is 11.5. The average molecular weight is 270 g/mol. The van der Waals surface area contributed by atoms with Gasteiger partial charge in [0.25, 0.3) is 5.91 Å². The van der Waals surface area contributed by atoms with Crippen LogP contribution in [0.1, 0.15) is 9.67 Å². The van der Waals surface area contributed by atoms with Crippen LogP contribution in [-0.4, -0.2) is 5.91 Å². The molecule has 0 saturated carbocycles. The number of thiol groups is 1. The summed E-state index contributed by atoms with van der Waals surface area (Å²) >= 11 is 11.3. The van der Waals surface area contributed by atoms with Crippen molar-refractivity contribution in [1.82, 2.24) is 0 Å². The van der Waals surface area contributed by atoms with Gasteiger partial charge < -0.3 is 5.32 Å². The van der Waals surface area contributed by atoms with Crippen molar-refractivity contribution in [1.29, 1.82) is 0 Å². The van der Waals surface area contributed by atoms with Crippen molar-refractivity contribution in [3.05, 3.63) is 45.6 Å². The summed E-state index contributed by atoms with van der Waals surface area (Å²) in [6, 6.07) is 8.77. The Morgan fingerprint density at radius 3 is 2.81 bits per heavy atom. The van der Waals surface area contributed by atoms with Crippen molar-refractivity contribution in [2.75, 3.05) is 5.32 Å². The second-order valence-electron chi connectivity index (χ2n) is 3.13. The standard InChI is InChI=1S/C11H8ClNOS2/c12-7-2-1-3-8(4-7)13-11(14)10-5-9(15)6-16-10/h1-6,15H,(H,13,14). The molecule has 1 heterocycles. The summed E-state index contributed by atoms with van der Waals surface area (Å²) in [7, 11) is 0. The van der Waals surface area contributed by atoms with Gasteiger partial charge in [-0.1, -0.05) is 17.7 Å². The number of anilines is 1. The van der Waals surface area contributed by atoms with E-state index in [9.17, 15) is 4.79 Å². The third kappa shape index (κ3) is 2.78. The number of hydrogen-bond donors (Lipinski definition) is 2. The Kier molecular flexibility index (Phi) is 3.53. The molecule has 0 radical (unpaired) electrons. The molecule has 0 atom stereocenters. The number of amides is 1. The van der Waals surface area contributed by atoms with Crippen LogP contribution in [0.5, 0.6) is 0 Å². The number of halogens is 1. The number of rotatable bonds is 2. The van der Waals surface area contributed by atoms with Gasteiger partial charge in [0.15, 0.2) is 0 Å². The Balaban J connectivity index is 2.13. The Morgan fingerprint density at radius 1 is 1.38 bits per heavy atom. The molecule has 0 saturated heterocycles. The van der Waals surface area contributed by atoms with Gasteiger partial charge in [-0.15, -0.1) is 24.0 Å². The van der Waals surface area contributed by atoms with Crippen molar-refractivity contribution in [2.24, 2.45) is 0 Å². The van der Waals surface area contributed by atoms with Crippen molar-refractivity contribution < 1.29 is 4.79 Å². The molecule has 0 fully saturated rings. The van der Waals surface area contributed by atoms with Crippen LogP contribution in [0.4, 0.5) is 5.69 Å². The molecule has 0 aliphatic carbocycles. The first kappa shape index (κ1) is 11.5. The van der Waals surface area contributed by atoms with Crippen LogP contribution in [-0.2, 0) is 0 Å². The van der Waals surface area contributed by atoms with E-state index in [2.05, 4.69) is 17.9 Å². The SMILES string of the molecule is O=C(Nc1cccc(Cl)c1)c1cc(S)cs1. The third-order valence-electron chi connectivity index (χ3n) is 1.89. The van der Waals surface area contributed by atoms with Gasteiger partial charge >= 0.3 is 0 Å². The van der Waals surface area contributed by atoms with Gasteiger partial charge in [0.05, 0.1) is 4.88 Å². The number of hydrogen-bond acceptors (Lipinski definition) is 3. The van der Waals surface area contributed by atoms with E-state index in [1.165, 1.54) is 11.3 Å². The largest absolute Gasteiger partial charge is 0.321 e. The minimum Gasteiger partial charge on any atom is -0.321 e. The normalized spacial score (nSPS) is 10.1. The first-order valence-electron chi connectivity index (χ1n) is 4.49. The fourth-order valence-corrected chi connectivity index (χ4v) is 2.44. The molecule has 0 aliphatic rings. The molecule has 0 aliphatic heterocycles. The number of carbonyl (C=O) groups excluding carboxylic acids is 1. The summed E-state index contributed by atoms with van der Waals surface area (Å²) in [5.41, 5.74) is 0.687. The first-order valence-corrected chi connectivity index (χ1v) is 6.20. The molecule has 1 aromatic heterocycles. The van der Waals surface area contributed by atoms with Crippen LogP contribution in [0.3, 0.4) is 0 Å². The van der Waals surface area contributed by atoms with Crippen LogP contribution in [0.2, 0.25) is 5.02 Å². The smallest absolute Gasteiger partial charge is 0.265 e. The maximum Gasteiger partial charge on any atom is 0.265 e. The molecule has 0 unspecified atom stereocenters. The molecular weight excluding hydrogens is 262 g/mol. The molecule has 1 amide bonds. The van der Waals surface area contributed by atoms with Crippen LogP contribution < -0.4 is 5.32 Å². The fourth-order valence-electron chi connectivity index (χ4n) is 1.20. The van der Waals surface area contributed by atoms with Gasteiger partial charge in [0.1, 0.15) is 0 Å². The van der Waals surface area contributed by atoms with E-state index in [0.717, 1.165) is 4.90 Å². The Labute approximate surface area is 108 Å². The first-order chi connectivity index (χ1) is 7.65. The Hall–Kier alpha value is -0.970. The van der Waals surface area contributed by atoms with Crippen molar-refractivity contribution in [2.45, 2.75) is 4.90 Å². The molecule has 0 spiro atoms. The molecule has 1 aromatic carbocycles. The van der Waals surface area contributed by atoms with Crippen LogP contribution in [0.25, 0.3) is 0 Å². The number of benzene rings is 1. The predicted octanol–water partition coefficient (Wildman–Crippen LogP) is 3.94. The van der Waals surface area contributed by atoms with Gasteiger partial charge in [-0.05, 0) is 24.3 Å². The number of nitrogens with one attached hydrogen (secondary N) is 1. The van der Waals surface area contributed by atoms with Gasteiger partial charge in [0, 0.05) is 21.0 Å². The molecule has 2 aromatic rings. The number of carbonyl (C=O) groups is 1. The summed E-state index contributed by atoms with van der Waals surface area (Å²) in [5, 5.41) is 5.18. The Bertz CT molecular complexity index is 524. The van der Waals surface area contributed by atoms with E-state index in [0.29, 0.717) is 15.6 Å². The Morgan fingerprint density at radius 2 is 2.19 bits per heavy atom. The number of thiophene rings is 1. The lowest BCUT2D eigenvalue weighted by atomic mass is 10.3. The highest BCUT2D eigenvalue weighted by Gasteiger charge is 2.08. The molecule has 5 heteroatoms. The predicted molar refractivity (Wildman–Crippen MR) is 71.0 cm³/mol. The summed E-state index contributed by atoms with van der Waals surface area (Å²) in [4.78, 5) is 13.2. The van der Waals surface area contributed by atoms with Gasteiger partial charge in [-0.25, -0.2) is 0 Å². The van der Waals surface area contributed by atoms with Crippen molar-refractivity contribution in [3.8, 4) is 0 Å². The van der Waals surface area contributed by atoms with Crippen molar-refractivity contribution in [3.63, 3.8) is 0 Å². The second-order valence-corrected chi connectivity index (χ2v) is 5.00. The molecule has 16 heavy (non-hydrogen) atoms. The molecule has 2 rings (SSSR count). The molecule has 1 N–H and O–H groups in total. The molecule has 82 valence electrons. The highest BCUT2D eigenvalue weighted by atomic mass is 35.5. The van der Waals surface area contributed by atoms with Gasteiger partial charge in [0.2, 0.25) is 0 Å². The lowest BCUT2D eigenvalue weighted by Crippen LogP contribution is -2.09. The topological polar surface area (TPSA) is 29.1 Å². The van der Waals surface area contributed by atoms with Crippen molar-refractivity contribution >= 4 is 47.2 Å². The minimum absolute atomic E-state index is 0.146.